The molecule has 0 amide bonds. The second-order valence-electron chi connectivity index (χ2n) is 3.33. The molecule has 0 aliphatic rings. The second-order valence-corrected chi connectivity index (χ2v) is 3.33. The van der Waals surface area contributed by atoms with Crippen LogP contribution in [0.3, 0.4) is 0 Å². The summed E-state index contributed by atoms with van der Waals surface area (Å²) in [6.07, 6.45) is 1.88. The van der Waals surface area contributed by atoms with Gasteiger partial charge in [-0.25, -0.2) is 0 Å². The SMILES string of the molecule is O=c1[nH]ccc(O)c1Cc1ccccc1. The van der Waals surface area contributed by atoms with Crippen LogP contribution in [0.2, 0.25) is 0 Å². The highest BCUT2D eigenvalue weighted by Gasteiger charge is 2.05. The molecule has 0 unspecified atom stereocenters. The van der Waals surface area contributed by atoms with E-state index < -0.39 is 0 Å². The van der Waals surface area contributed by atoms with Gasteiger partial charge in [-0.2, -0.15) is 0 Å². The maximum Gasteiger partial charge on any atom is 0.255 e. The van der Waals surface area contributed by atoms with Gasteiger partial charge in [0.05, 0.1) is 5.56 Å². The van der Waals surface area contributed by atoms with Gasteiger partial charge < -0.3 is 10.1 Å². The Kier molecular flexibility index (Phi) is 2.54. The Hall–Kier alpha value is -2.03. The molecule has 3 heteroatoms. The number of rotatable bonds is 2. The summed E-state index contributed by atoms with van der Waals surface area (Å²) in [4.78, 5) is 14.0. The zero-order valence-electron chi connectivity index (χ0n) is 8.10. The van der Waals surface area contributed by atoms with Gasteiger partial charge in [0.25, 0.3) is 5.56 Å². The molecule has 1 heterocycles. The third-order valence-corrected chi connectivity index (χ3v) is 2.26. The predicted octanol–water partition coefficient (Wildman–Crippen LogP) is 1.67. The molecule has 1 aromatic heterocycles. The van der Waals surface area contributed by atoms with Gasteiger partial charge in [-0.15, -0.1) is 0 Å². The van der Waals surface area contributed by atoms with Gasteiger partial charge in [-0.1, -0.05) is 30.3 Å². The van der Waals surface area contributed by atoms with Crippen molar-refractivity contribution < 1.29 is 5.11 Å². The lowest BCUT2D eigenvalue weighted by atomic mass is 10.1. The Morgan fingerprint density at radius 2 is 1.87 bits per heavy atom. The summed E-state index contributed by atoms with van der Waals surface area (Å²) in [6, 6.07) is 11.1. The van der Waals surface area contributed by atoms with Gasteiger partial charge in [-0.3, -0.25) is 4.79 Å². The van der Waals surface area contributed by atoms with Crippen LogP contribution in [-0.4, -0.2) is 10.1 Å². The molecular formula is C12H11NO2. The van der Waals surface area contributed by atoms with E-state index in [-0.39, 0.29) is 11.3 Å². The molecule has 3 nitrogen and oxygen atoms in total. The van der Waals surface area contributed by atoms with Crippen molar-refractivity contribution in [3.05, 3.63) is 64.1 Å². The van der Waals surface area contributed by atoms with Crippen LogP contribution in [0.1, 0.15) is 11.1 Å². The number of H-pyrrole nitrogens is 1. The van der Waals surface area contributed by atoms with Crippen molar-refractivity contribution >= 4 is 0 Å². The summed E-state index contributed by atoms with van der Waals surface area (Å²) in [5, 5.41) is 9.53. The molecule has 0 atom stereocenters. The van der Waals surface area contributed by atoms with E-state index in [0.29, 0.717) is 12.0 Å². The monoisotopic (exact) mass is 201 g/mol. The fourth-order valence-corrected chi connectivity index (χ4v) is 1.47. The molecule has 15 heavy (non-hydrogen) atoms. The topological polar surface area (TPSA) is 53.1 Å². The minimum absolute atomic E-state index is 0.0441. The number of pyridine rings is 1. The lowest BCUT2D eigenvalue weighted by Crippen LogP contribution is -2.11. The molecule has 0 aliphatic carbocycles. The largest absolute Gasteiger partial charge is 0.507 e. The summed E-state index contributed by atoms with van der Waals surface area (Å²) in [5.41, 5.74) is 1.17. The van der Waals surface area contributed by atoms with Crippen LogP contribution in [0, 0.1) is 0 Å². The number of benzene rings is 1. The minimum Gasteiger partial charge on any atom is -0.507 e. The minimum atomic E-state index is -0.237. The van der Waals surface area contributed by atoms with Gasteiger partial charge >= 0.3 is 0 Å². The van der Waals surface area contributed by atoms with Crippen LogP contribution in [0.4, 0.5) is 0 Å². The van der Waals surface area contributed by atoms with Crippen molar-refractivity contribution in [3.63, 3.8) is 0 Å². The normalized spacial score (nSPS) is 10.1. The molecule has 0 spiro atoms. The standard InChI is InChI=1S/C12H11NO2/c14-11-6-7-13-12(15)10(11)8-9-4-2-1-3-5-9/h1-7H,8H2,(H2,13,14,15). The van der Waals surface area contributed by atoms with Crippen LogP contribution in [0.5, 0.6) is 5.75 Å². The third-order valence-electron chi connectivity index (χ3n) is 2.26. The van der Waals surface area contributed by atoms with E-state index in [4.69, 9.17) is 0 Å². The number of nitrogens with one attached hydrogen (secondary N) is 1. The fraction of sp³-hybridized carbons (Fsp3) is 0.0833. The van der Waals surface area contributed by atoms with Gasteiger partial charge in [0.2, 0.25) is 0 Å². The summed E-state index contributed by atoms with van der Waals surface area (Å²) in [7, 11) is 0. The van der Waals surface area contributed by atoms with Crippen molar-refractivity contribution in [2.24, 2.45) is 0 Å². The molecule has 1 aromatic carbocycles. The van der Waals surface area contributed by atoms with Crippen molar-refractivity contribution in [1.29, 1.82) is 0 Å². The Labute approximate surface area is 87.0 Å². The second kappa shape index (κ2) is 4.00. The van der Waals surface area contributed by atoms with Crippen LogP contribution in [0.25, 0.3) is 0 Å². The van der Waals surface area contributed by atoms with Gasteiger partial charge in [-0.05, 0) is 11.6 Å². The molecule has 76 valence electrons. The number of hydrogen-bond acceptors (Lipinski definition) is 2. The molecule has 0 saturated heterocycles. The first-order valence-corrected chi connectivity index (χ1v) is 4.71. The highest BCUT2D eigenvalue weighted by atomic mass is 16.3. The van der Waals surface area contributed by atoms with Crippen molar-refractivity contribution in [2.45, 2.75) is 6.42 Å². The van der Waals surface area contributed by atoms with Crippen molar-refractivity contribution in [2.75, 3.05) is 0 Å². The maximum atomic E-state index is 11.4. The molecule has 2 rings (SSSR count). The van der Waals surface area contributed by atoms with Crippen LogP contribution in [0.15, 0.2) is 47.4 Å². The van der Waals surface area contributed by atoms with Gasteiger partial charge in [0, 0.05) is 12.6 Å². The van der Waals surface area contributed by atoms with Gasteiger partial charge in [0.1, 0.15) is 5.75 Å². The molecule has 0 bridgehead atoms. The molecule has 2 N–H and O–H groups in total. The lowest BCUT2D eigenvalue weighted by Gasteiger charge is -2.02. The lowest BCUT2D eigenvalue weighted by molar-refractivity contribution is 0.467. The zero-order valence-corrected chi connectivity index (χ0v) is 8.10. The van der Waals surface area contributed by atoms with Crippen molar-refractivity contribution in [1.82, 2.24) is 4.98 Å². The van der Waals surface area contributed by atoms with E-state index >= 15 is 0 Å². The average molecular weight is 201 g/mol. The first kappa shape index (κ1) is 9.52. The number of aromatic amines is 1. The number of aromatic hydroxyl groups is 1. The third kappa shape index (κ3) is 2.07. The van der Waals surface area contributed by atoms with Crippen LogP contribution < -0.4 is 5.56 Å². The predicted molar refractivity (Wildman–Crippen MR) is 58.0 cm³/mol. The van der Waals surface area contributed by atoms with Crippen molar-refractivity contribution in [3.8, 4) is 5.75 Å². The number of aromatic nitrogens is 1. The Morgan fingerprint density at radius 1 is 1.13 bits per heavy atom. The summed E-state index contributed by atoms with van der Waals surface area (Å²) >= 11 is 0. The number of hydrogen-bond donors (Lipinski definition) is 2. The fourth-order valence-electron chi connectivity index (χ4n) is 1.47. The van der Waals surface area contributed by atoms with E-state index in [9.17, 15) is 9.90 Å². The van der Waals surface area contributed by atoms with Crippen LogP contribution >= 0.6 is 0 Å². The summed E-state index contributed by atoms with van der Waals surface area (Å²) in [5.74, 6) is 0.0441. The first-order chi connectivity index (χ1) is 7.27. The Bertz CT molecular complexity index is 503. The summed E-state index contributed by atoms with van der Waals surface area (Å²) < 4.78 is 0. The Balaban J connectivity index is 2.37. The molecule has 0 radical (unpaired) electrons. The van der Waals surface area contributed by atoms with E-state index in [1.807, 2.05) is 30.3 Å². The molecule has 0 saturated carbocycles. The van der Waals surface area contributed by atoms with E-state index in [0.717, 1.165) is 5.56 Å². The highest BCUT2D eigenvalue weighted by Crippen LogP contribution is 2.14. The van der Waals surface area contributed by atoms with E-state index in [2.05, 4.69) is 4.98 Å². The highest BCUT2D eigenvalue weighted by molar-refractivity contribution is 5.33. The zero-order chi connectivity index (χ0) is 10.7. The van der Waals surface area contributed by atoms with Crippen LogP contribution in [-0.2, 0) is 6.42 Å². The molecular weight excluding hydrogens is 190 g/mol. The van der Waals surface area contributed by atoms with E-state index in [1.54, 1.807) is 0 Å². The Morgan fingerprint density at radius 3 is 2.53 bits per heavy atom. The molecule has 0 fully saturated rings. The maximum absolute atomic E-state index is 11.4. The first-order valence-electron chi connectivity index (χ1n) is 4.71. The average Bonchev–Trinajstić information content (AvgIpc) is 2.25. The smallest absolute Gasteiger partial charge is 0.255 e. The quantitative estimate of drug-likeness (QED) is 0.776. The van der Waals surface area contributed by atoms with E-state index in [1.165, 1.54) is 12.3 Å². The summed E-state index contributed by atoms with van der Waals surface area (Å²) in [6.45, 7) is 0. The molecule has 0 aliphatic heterocycles. The van der Waals surface area contributed by atoms with Gasteiger partial charge in [0.15, 0.2) is 0 Å². The molecule has 2 aromatic rings.